The van der Waals surface area contributed by atoms with E-state index in [1.165, 1.54) is 11.3 Å². The lowest BCUT2D eigenvalue weighted by Gasteiger charge is -2.37. The van der Waals surface area contributed by atoms with Crippen molar-refractivity contribution in [2.24, 2.45) is 0 Å². The fraction of sp³-hybridized carbons (Fsp3) is 0.400. The van der Waals surface area contributed by atoms with Crippen molar-refractivity contribution >= 4 is 57.3 Å². The number of carbonyl (C=O) groups is 2. The molecule has 9 heteroatoms. The second-order valence-electron chi connectivity index (χ2n) is 9.62. The summed E-state index contributed by atoms with van der Waals surface area (Å²) in [5.41, 5.74) is 5.72. The first-order valence-electron chi connectivity index (χ1n) is 12.9. The van der Waals surface area contributed by atoms with Crippen LogP contribution in [0.2, 0.25) is 10.0 Å². The quantitative estimate of drug-likeness (QED) is 0.335. The molecule has 2 fully saturated rings. The zero-order valence-electron chi connectivity index (χ0n) is 23.3. The Morgan fingerprint density at radius 2 is 1.15 bits per heavy atom. The minimum absolute atomic E-state index is 0.0578. The van der Waals surface area contributed by atoms with Crippen molar-refractivity contribution in [1.29, 1.82) is 0 Å². The predicted molar refractivity (Wildman–Crippen MR) is 167 cm³/mol. The number of rotatable bonds is 4. The van der Waals surface area contributed by atoms with Crippen LogP contribution in [0.15, 0.2) is 60.7 Å². The maximum Gasteiger partial charge on any atom is 0.249 e. The maximum atomic E-state index is 11.8. The molecule has 2 aliphatic heterocycles. The van der Waals surface area contributed by atoms with Gasteiger partial charge in [0.2, 0.25) is 11.1 Å². The molecule has 2 aromatic rings. The first-order valence-corrected chi connectivity index (χ1v) is 14.1. The van der Waals surface area contributed by atoms with Gasteiger partial charge in [-0.25, -0.2) is 0 Å². The zero-order chi connectivity index (χ0) is 29.1. The fourth-order valence-corrected chi connectivity index (χ4v) is 4.54. The number of amides is 1. The van der Waals surface area contributed by atoms with Gasteiger partial charge in [0, 0.05) is 84.9 Å². The van der Waals surface area contributed by atoms with Gasteiger partial charge in [0.1, 0.15) is 0 Å². The summed E-state index contributed by atoms with van der Waals surface area (Å²) in [6, 6.07) is 12.1. The zero-order valence-corrected chi connectivity index (χ0v) is 25.6. The van der Waals surface area contributed by atoms with Gasteiger partial charge in [-0.1, -0.05) is 48.5 Å². The summed E-state index contributed by atoms with van der Waals surface area (Å²) in [6.07, 6.45) is 0. The number of nitrogens with zero attached hydrogens (tertiary/aromatic N) is 3. The molecule has 2 saturated heterocycles. The number of benzene rings is 2. The number of hydrogen-bond acceptors (Lipinski definition) is 5. The maximum absolute atomic E-state index is 11.8. The summed E-state index contributed by atoms with van der Waals surface area (Å²) in [7, 11) is 0. The Bertz CT molecular complexity index is 1160. The normalized spacial score (nSPS) is 14.9. The Morgan fingerprint density at radius 1 is 0.744 bits per heavy atom. The molecule has 1 amide bonds. The second-order valence-corrected chi connectivity index (χ2v) is 10.8. The summed E-state index contributed by atoms with van der Waals surface area (Å²) in [6.45, 7) is 21.8. The Balaban J connectivity index is 0.000000234. The summed E-state index contributed by atoms with van der Waals surface area (Å²) in [5, 5.41) is 4.53. The Morgan fingerprint density at radius 3 is 1.54 bits per heavy atom. The number of piperazine rings is 2. The van der Waals surface area contributed by atoms with E-state index in [0.29, 0.717) is 11.1 Å². The van der Waals surface area contributed by atoms with Crippen LogP contribution in [0.1, 0.15) is 25.0 Å². The average Bonchev–Trinajstić information content (AvgIpc) is 2.92. The third kappa shape index (κ3) is 9.87. The molecule has 6 nitrogen and oxygen atoms in total. The van der Waals surface area contributed by atoms with E-state index >= 15 is 0 Å². The van der Waals surface area contributed by atoms with Gasteiger partial charge in [0.15, 0.2) is 0 Å². The molecule has 0 aromatic heterocycles. The lowest BCUT2D eigenvalue weighted by Crippen LogP contribution is -2.49. The van der Waals surface area contributed by atoms with E-state index in [1.54, 1.807) is 13.8 Å². The number of nitrogens with one attached hydrogen (secondary N) is 1. The molecule has 4 rings (SSSR count). The van der Waals surface area contributed by atoms with Crippen LogP contribution in [-0.4, -0.2) is 68.4 Å². The molecule has 0 bridgehead atoms. The third-order valence-corrected chi connectivity index (χ3v) is 7.69. The molecule has 2 heterocycles. The van der Waals surface area contributed by atoms with Crippen LogP contribution >= 0.6 is 34.8 Å². The first-order chi connectivity index (χ1) is 18.4. The highest BCUT2D eigenvalue weighted by atomic mass is 35.5. The lowest BCUT2D eigenvalue weighted by molar-refractivity contribution is -0.127. The van der Waals surface area contributed by atoms with Crippen molar-refractivity contribution in [1.82, 2.24) is 10.2 Å². The molecular formula is C30H39Cl3N4O2. The van der Waals surface area contributed by atoms with Crippen LogP contribution in [0.3, 0.4) is 0 Å². The molecule has 0 atom stereocenters. The SMILES string of the molecule is C=C(C)C(=O)Cl.C=C(C)C(=O)N1CCN(c2cccc(Cl)c2C)CC1.Cc1c(Cl)cccc1N1CCNCC1. The lowest BCUT2D eigenvalue weighted by atomic mass is 10.1. The van der Waals surface area contributed by atoms with E-state index in [-0.39, 0.29) is 5.91 Å². The smallest absolute Gasteiger partial charge is 0.249 e. The number of carbonyl (C=O) groups excluding carboxylic acids is 2. The summed E-state index contributed by atoms with van der Waals surface area (Å²) in [5.74, 6) is 0.0578. The van der Waals surface area contributed by atoms with E-state index in [9.17, 15) is 9.59 Å². The van der Waals surface area contributed by atoms with Gasteiger partial charge in [-0.05, 0) is 74.7 Å². The molecule has 212 valence electrons. The molecular weight excluding hydrogens is 555 g/mol. The van der Waals surface area contributed by atoms with Crippen LogP contribution in [0.4, 0.5) is 11.4 Å². The molecule has 0 unspecified atom stereocenters. The van der Waals surface area contributed by atoms with Crippen molar-refractivity contribution in [3.8, 4) is 0 Å². The van der Waals surface area contributed by atoms with Crippen LogP contribution in [0.5, 0.6) is 0 Å². The number of halogens is 3. The van der Waals surface area contributed by atoms with E-state index in [0.717, 1.165) is 73.7 Å². The minimum Gasteiger partial charge on any atom is -0.369 e. The largest absolute Gasteiger partial charge is 0.369 e. The van der Waals surface area contributed by atoms with Crippen molar-refractivity contribution in [2.45, 2.75) is 27.7 Å². The summed E-state index contributed by atoms with van der Waals surface area (Å²) < 4.78 is 0. The van der Waals surface area contributed by atoms with E-state index in [4.69, 9.17) is 34.8 Å². The van der Waals surface area contributed by atoms with E-state index < -0.39 is 5.24 Å². The van der Waals surface area contributed by atoms with Gasteiger partial charge >= 0.3 is 0 Å². The van der Waals surface area contributed by atoms with E-state index in [2.05, 4.69) is 47.3 Å². The average molecular weight is 594 g/mol. The van der Waals surface area contributed by atoms with Crippen molar-refractivity contribution in [2.75, 3.05) is 62.2 Å². The number of anilines is 2. The van der Waals surface area contributed by atoms with Gasteiger partial charge in [0.25, 0.3) is 0 Å². The molecule has 0 spiro atoms. The van der Waals surface area contributed by atoms with Crippen LogP contribution in [0, 0.1) is 13.8 Å². The van der Waals surface area contributed by atoms with Crippen molar-refractivity contribution < 1.29 is 9.59 Å². The Labute approximate surface area is 248 Å². The van der Waals surface area contributed by atoms with Crippen molar-refractivity contribution in [3.05, 3.63) is 81.9 Å². The highest BCUT2D eigenvalue weighted by molar-refractivity contribution is 6.67. The van der Waals surface area contributed by atoms with Gasteiger partial charge < -0.3 is 20.0 Å². The molecule has 1 N–H and O–H groups in total. The van der Waals surface area contributed by atoms with Crippen LogP contribution < -0.4 is 15.1 Å². The minimum atomic E-state index is -0.463. The van der Waals surface area contributed by atoms with Gasteiger partial charge in [-0.3, -0.25) is 9.59 Å². The topological polar surface area (TPSA) is 55.9 Å². The second kappa shape index (κ2) is 15.9. The number of allylic oxidation sites excluding steroid dienone is 1. The number of hydrogen-bond donors (Lipinski definition) is 1. The summed E-state index contributed by atoms with van der Waals surface area (Å²) >= 11 is 17.1. The molecule has 0 radical (unpaired) electrons. The molecule has 39 heavy (non-hydrogen) atoms. The Hall–Kier alpha value is -2.51. The first kappa shape index (κ1) is 32.7. The van der Waals surface area contributed by atoms with Crippen molar-refractivity contribution in [3.63, 3.8) is 0 Å². The highest BCUT2D eigenvalue weighted by Crippen LogP contribution is 2.28. The molecule has 2 aromatic carbocycles. The fourth-order valence-electron chi connectivity index (χ4n) is 4.20. The van der Waals surface area contributed by atoms with Crippen LogP contribution in [-0.2, 0) is 9.59 Å². The molecule has 0 aliphatic carbocycles. The predicted octanol–water partition coefficient (Wildman–Crippen LogP) is 6.26. The monoisotopic (exact) mass is 592 g/mol. The van der Waals surface area contributed by atoms with Gasteiger partial charge in [-0.2, -0.15) is 0 Å². The Kier molecular flexibility index (Phi) is 13.4. The van der Waals surface area contributed by atoms with E-state index in [1.807, 2.05) is 36.1 Å². The van der Waals surface area contributed by atoms with Gasteiger partial charge in [-0.15, -0.1) is 0 Å². The van der Waals surface area contributed by atoms with Gasteiger partial charge in [0.05, 0.1) is 0 Å². The van der Waals surface area contributed by atoms with Crippen LogP contribution in [0.25, 0.3) is 0 Å². The molecule has 0 saturated carbocycles. The standard InChI is InChI=1S/C15H19ClN2O.C11H15ClN2.C4H5ClO/c1-11(2)15(19)18-9-7-17(8-10-18)14-6-4-5-13(16)12(14)3;1-9-10(12)3-2-4-11(9)14-7-5-13-6-8-14;1-3(2)4(5)6/h4-6H,1,7-10H2,2-3H3;2-4,13H,5-8H2,1H3;1H2,2H3. The third-order valence-electron chi connectivity index (χ3n) is 6.54. The summed E-state index contributed by atoms with van der Waals surface area (Å²) in [4.78, 5) is 28.2. The molecule has 2 aliphatic rings. The highest BCUT2D eigenvalue weighted by Gasteiger charge is 2.22.